The van der Waals surface area contributed by atoms with Crippen LogP contribution in [0.25, 0.3) is 0 Å². The Hall–Kier alpha value is -3.03. The number of pyridine rings is 1. The van der Waals surface area contributed by atoms with Gasteiger partial charge in [-0.2, -0.15) is 4.98 Å². The van der Waals surface area contributed by atoms with Gasteiger partial charge < -0.3 is 20.3 Å². The zero-order chi connectivity index (χ0) is 26.6. The Morgan fingerprint density at radius 3 is 2.62 bits per heavy atom. The maximum absolute atomic E-state index is 13.8. The van der Waals surface area contributed by atoms with E-state index in [1.54, 1.807) is 13.3 Å². The normalized spacial score (nSPS) is 16.6. The predicted octanol–water partition coefficient (Wildman–Crippen LogP) is 4.84. The molecule has 0 amide bonds. The van der Waals surface area contributed by atoms with Gasteiger partial charge in [0.2, 0.25) is 21.9 Å². The molecule has 1 fully saturated rings. The number of rotatable bonds is 8. The fraction of sp³-hybridized carbons (Fsp3) is 0.375. The van der Waals surface area contributed by atoms with Gasteiger partial charge in [-0.25, -0.2) is 22.8 Å². The van der Waals surface area contributed by atoms with Crippen molar-refractivity contribution < 1.29 is 17.5 Å². The van der Waals surface area contributed by atoms with Crippen molar-refractivity contribution in [3.8, 4) is 5.88 Å². The molecule has 0 bridgehead atoms. The molecule has 1 saturated heterocycles. The Morgan fingerprint density at radius 1 is 1.08 bits per heavy atom. The molecular formula is C24H29BrFN7O3S. The van der Waals surface area contributed by atoms with E-state index in [4.69, 9.17) is 9.72 Å². The number of methoxy groups -OCH3 is 1. The van der Waals surface area contributed by atoms with E-state index < -0.39 is 15.8 Å². The van der Waals surface area contributed by atoms with Crippen LogP contribution in [-0.4, -0.2) is 61.8 Å². The summed E-state index contributed by atoms with van der Waals surface area (Å²) in [4.78, 5) is 15.9. The number of benzene rings is 1. The van der Waals surface area contributed by atoms with Gasteiger partial charge in [0.15, 0.2) is 0 Å². The van der Waals surface area contributed by atoms with Crippen molar-refractivity contribution >= 4 is 54.8 Å². The molecule has 37 heavy (non-hydrogen) atoms. The summed E-state index contributed by atoms with van der Waals surface area (Å²) in [5.74, 6) is 0.827. The van der Waals surface area contributed by atoms with Crippen molar-refractivity contribution in [1.82, 2.24) is 19.9 Å². The Morgan fingerprint density at radius 2 is 1.86 bits per heavy atom. The third-order valence-electron chi connectivity index (χ3n) is 5.97. The third kappa shape index (κ3) is 7.27. The summed E-state index contributed by atoms with van der Waals surface area (Å²) in [5, 5.41) is 6.16. The molecule has 0 radical (unpaired) electrons. The van der Waals surface area contributed by atoms with Crippen LogP contribution in [0, 0.1) is 5.82 Å². The van der Waals surface area contributed by atoms with Crippen LogP contribution in [0.15, 0.2) is 41.0 Å². The molecule has 198 valence electrons. The molecule has 10 nitrogen and oxygen atoms in total. The highest BCUT2D eigenvalue weighted by Crippen LogP contribution is 2.33. The number of nitrogens with one attached hydrogen (secondary N) is 3. The van der Waals surface area contributed by atoms with Gasteiger partial charge in [-0.05, 0) is 79.6 Å². The largest absolute Gasteiger partial charge is 0.480 e. The molecule has 4 rings (SSSR count). The lowest BCUT2D eigenvalue weighted by Gasteiger charge is -2.17. The average Bonchev–Trinajstić information content (AvgIpc) is 3.06. The predicted molar refractivity (Wildman–Crippen MR) is 146 cm³/mol. The van der Waals surface area contributed by atoms with Crippen LogP contribution in [0.5, 0.6) is 5.88 Å². The molecule has 1 aliphatic heterocycles. The molecule has 1 aromatic carbocycles. The Bertz CT molecular complexity index is 1380. The Kier molecular flexibility index (Phi) is 8.45. The molecule has 0 spiro atoms. The average molecular weight is 595 g/mol. The topological polar surface area (TPSA) is 121 Å². The molecule has 1 aliphatic rings. The Labute approximate surface area is 224 Å². The lowest BCUT2D eigenvalue weighted by atomic mass is 9.96. The highest BCUT2D eigenvalue weighted by atomic mass is 79.9. The number of anilines is 5. The number of hydrogen-bond acceptors (Lipinski definition) is 9. The van der Waals surface area contributed by atoms with E-state index in [2.05, 4.69) is 53.2 Å². The maximum atomic E-state index is 13.8. The van der Waals surface area contributed by atoms with E-state index in [1.807, 2.05) is 12.1 Å². The van der Waals surface area contributed by atoms with E-state index in [-0.39, 0.29) is 11.6 Å². The quantitative estimate of drug-likeness (QED) is 0.337. The minimum Gasteiger partial charge on any atom is -0.480 e. The SMILES string of the molecule is COc1nc(C2CCCN(C)CC2)ccc1Nc1ncc(Br)c(Nc2ccc(F)cc2NS(C)(=O)=O)n1. The second kappa shape index (κ2) is 11.6. The van der Waals surface area contributed by atoms with Gasteiger partial charge in [-0.15, -0.1) is 0 Å². The van der Waals surface area contributed by atoms with Gasteiger partial charge in [0.25, 0.3) is 0 Å². The molecule has 0 saturated carbocycles. The second-order valence-electron chi connectivity index (χ2n) is 8.93. The van der Waals surface area contributed by atoms with E-state index in [0.717, 1.165) is 50.4 Å². The monoisotopic (exact) mass is 593 g/mol. The van der Waals surface area contributed by atoms with Gasteiger partial charge >= 0.3 is 0 Å². The van der Waals surface area contributed by atoms with Gasteiger partial charge in [0.05, 0.1) is 29.2 Å². The summed E-state index contributed by atoms with van der Waals surface area (Å²) in [5.41, 5.74) is 1.97. The number of sulfonamides is 1. The first-order chi connectivity index (χ1) is 17.6. The number of likely N-dealkylation sites (tertiary alicyclic amines) is 1. The highest BCUT2D eigenvalue weighted by molar-refractivity contribution is 9.10. The lowest BCUT2D eigenvalue weighted by Crippen LogP contribution is -2.18. The summed E-state index contributed by atoms with van der Waals surface area (Å²) in [6, 6.07) is 7.63. The highest BCUT2D eigenvalue weighted by Gasteiger charge is 2.20. The fourth-order valence-electron chi connectivity index (χ4n) is 4.14. The first-order valence-electron chi connectivity index (χ1n) is 11.7. The Balaban J connectivity index is 1.56. The smallest absolute Gasteiger partial charge is 0.237 e. The summed E-state index contributed by atoms with van der Waals surface area (Å²) in [6.07, 6.45) is 5.79. The molecule has 1 atom stereocenters. The van der Waals surface area contributed by atoms with Crippen molar-refractivity contribution in [3.63, 3.8) is 0 Å². The molecule has 3 heterocycles. The van der Waals surface area contributed by atoms with E-state index in [1.165, 1.54) is 12.1 Å². The third-order valence-corrected chi connectivity index (χ3v) is 7.14. The van der Waals surface area contributed by atoms with Crippen LogP contribution >= 0.6 is 15.9 Å². The molecule has 1 unspecified atom stereocenters. The first kappa shape index (κ1) is 27.0. The second-order valence-corrected chi connectivity index (χ2v) is 11.5. The molecule has 2 aromatic heterocycles. The zero-order valence-electron chi connectivity index (χ0n) is 20.8. The van der Waals surface area contributed by atoms with Crippen LogP contribution in [0.3, 0.4) is 0 Å². The van der Waals surface area contributed by atoms with Crippen LogP contribution in [0.1, 0.15) is 30.9 Å². The van der Waals surface area contributed by atoms with Crippen molar-refractivity contribution in [3.05, 3.63) is 52.5 Å². The van der Waals surface area contributed by atoms with Gasteiger partial charge in [0.1, 0.15) is 17.3 Å². The zero-order valence-corrected chi connectivity index (χ0v) is 23.2. The number of aromatic nitrogens is 3. The van der Waals surface area contributed by atoms with Crippen LogP contribution in [-0.2, 0) is 10.0 Å². The standard InChI is InChI=1S/C24H29BrFN7O3S/c1-33-11-4-5-15(10-12-33)18-8-9-20(23(29-18)36-2)30-24-27-14-17(25)22(31-24)28-19-7-6-16(26)13-21(19)32-37(3,34)35/h6-9,13-15,32H,4-5,10-12H2,1-3H3,(H2,27,28,30,31). The number of ether oxygens (including phenoxy) is 1. The van der Waals surface area contributed by atoms with Gasteiger partial charge in [0, 0.05) is 23.9 Å². The van der Waals surface area contributed by atoms with Crippen LogP contribution in [0.4, 0.5) is 33.2 Å². The van der Waals surface area contributed by atoms with Crippen LogP contribution in [0.2, 0.25) is 0 Å². The van der Waals surface area contributed by atoms with E-state index in [9.17, 15) is 12.8 Å². The fourth-order valence-corrected chi connectivity index (χ4v) is 5.00. The van der Waals surface area contributed by atoms with Crippen molar-refractivity contribution in [2.24, 2.45) is 0 Å². The van der Waals surface area contributed by atoms with E-state index in [0.29, 0.717) is 33.5 Å². The molecule has 13 heteroatoms. The maximum Gasteiger partial charge on any atom is 0.237 e. The number of hydrogen-bond donors (Lipinski definition) is 3. The molecule has 3 aromatic rings. The number of halogens is 2. The molecular weight excluding hydrogens is 565 g/mol. The first-order valence-corrected chi connectivity index (χ1v) is 14.4. The minimum absolute atomic E-state index is 0.0497. The van der Waals surface area contributed by atoms with E-state index >= 15 is 0 Å². The lowest BCUT2D eigenvalue weighted by molar-refractivity contribution is 0.347. The number of nitrogens with zero attached hydrogens (tertiary/aromatic N) is 4. The van der Waals surface area contributed by atoms with Crippen molar-refractivity contribution in [2.75, 3.05) is 48.9 Å². The summed E-state index contributed by atoms with van der Waals surface area (Å²) in [7, 11) is 0.0819. The molecule has 0 aliphatic carbocycles. The summed E-state index contributed by atoms with van der Waals surface area (Å²) >= 11 is 3.40. The van der Waals surface area contributed by atoms with Gasteiger partial charge in [-0.1, -0.05) is 0 Å². The minimum atomic E-state index is -3.63. The van der Waals surface area contributed by atoms with Crippen molar-refractivity contribution in [1.29, 1.82) is 0 Å². The van der Waals surface area contributed by atoms with Crippen LogP contribution < -0.4 is 20.1 Å². The van der Waals surface area contributed by atoms with Gasteiger partial charge in [-0.3, -0.25) is 4.72 Å². The van der Waals surface area contributed by atoms with Crippen molar-refractivity contribution in [2.45, 2.75) is 25.2 Å². The summed E-state index contributed by atoms with van der Waals surface area (Å²) in [6.45, 7) is 2.13. The summed E-state index contributed by atoms with van der Waals surface area (Å²) < 4.78 is 45.6. The molecule has 3 N–H and O–H groups in total.